The number of nitrogens with zero attached hydrogens (tertiary/aromatic N) is 3. The number of benzene rings is 1. The van der Waals surface area contributed by atoms with E-state index in [9.17, 15) is 25.0 Å². The molecule has 1 amide bonds. The third-order valence-electron chi connectivity index (χ3n) is 4.31. The highest BCUT2D eigenvalue weighted by molar-refractivity contribution is 5.94. The maximum atomic E-state index is 12.1. The van der Waals surface area contributed by atoms with E-state index in [1.54, 1.807) is 0 Å². The molecule has 1 heterocycles. The van der Waals surface area contributed by atoms with Gasteiger partial charge in [-0.15, -0.1) is 0 Å². The number of hydrogen-bond acceptors (Lipinski definition) is 6. The van der Waals surface area contributed by atoms with Crippen LogP contribution in [0.5, 0.6) is 0 Å². The summed E-state index contributed by atoms with van der Waals surface area (Å²) in [7, 11) is 0. The predicted molar refractivity (Wildman–Crippen MR) is 87.8 cm³/mol. The van der Waals surface area contributed by atoms with E-state index in [2.05, 4.69) is 12.2 Å². The second kappa shape index (κ2) is 7.82. The van der Waals surface area contributed by atoms with Crippen molar-refractivity contribution in [3.05, 3.63) is 38.4 Å². The van der Waals surface area contributed by atoms with E-state index in [0.717, 1.165) is 44.5 Å². The van der Waals surface area contributed by atoms with Gasteiger partial charge in [-0.25, -0.2) is 0 Å². The Hall–Kier alpha value is -2.55. The Morgan fingerprint density at radius 3 is 2.46 bits per heavy atom. The summed E-state index contributed by atoms with van der Waals surface area (Å²) in [6.45, 7) is 3.97. The number of amides is 1. The molecule has 1 fully saturated rings. The zero-order valence-electron chi connectivity index (χ0n) is 13.4. The van der Waals surface area contributed by atoms with Crippen LogP contribution in [0.1, 0.15) is 26.2 Å². The standard InChI is InChI=1S/C15H20N4O5/c1-2-11-5-7-17(8-6-11)10-15(20)16-13-4-3-12(18(21)22)9-14(13)19(23)24/h3-4,9,11H,2,5-8,10H2,1H3,(H,16,20). The molecular weight excluding hydrogens is 316 g/mol. The molecule has 1 aromatic rings. The average Bonchev–Trinajstić information content (AvgIpc) is 2.55. The maximum absolute atomic E-state index is 12.1. The van der Waals surface area contributed by atoms with Crippen molar-refractivity contribution in [1.82, 2.24) is 4.90 Å². The summed E-state index contributed by atoms with van der Waals surface area (Å²) < 4.78 is 0. The summed E-state index contributed by atoms with van der Waals surface area (Å²) in [4.78, 5) is 34.4. The van der Waals surface area contributed by atoms with E-state index in [1.165, 1.54) is 6.07 Å². The molecule has 0 spiro atoms. The molecule has 24 heavy (non-hydrogen) atoms. The summed E-state index contributed by atoms with van der Waals surface area (Å²) in [6.07, 6.45) is 3.22. The van der Waals surface area contributed by atoms with Crippen molar-refractivity contribution in [2.24, 2.45) is 5.92 Å². The fraction of sp³-hybridized carbons (Fsp3) is 0.533. The van der Waals surface area contributed by atoms with Gasteiger partial charge in [0.25, 0.3) is 11.4 Å². The Morgan fingerprint density at radius 2 is 1.92 bits per heavy atom. The van der Waals surface area contributed by atoms with E-state index in [0.29, 0.717) is 5.92 Å². The van der Waals surface area contributed by atoms with Crippen molar-refractivity contribution in [2.45, 2.75) is 26.2 Å². The maximum Gasteiger partial charge on any atom is 0.299 e. The van der Waals surface area contributed by atoms with Gasteiger partial charge < -0.3 is 5.32 Å². The third kappa shape index (κ3) is 4.48. The molecule has 0 atom stereocenters. The second-order valence-corrected chi connectivity index (χ2v) is 5.89. The second-order valence-electron chi connectivity index (χ2n) is 5.89. The normalized spacial score (nSPS) is 15.9. The average molecular weight is 336 g/mol. The first kappa shape index (κ1) is 17.8. The highest BCUT2D eigenvalue weighted by Crippen LogP contribution is 2.29. The number of carbonyl (C=O) groups excluding carboxylic acids is 1. The first-order valence-corrected chi connectivity index (χ1v) is 7.85. The molecule has 130 valence electrons. The number of carbonyl (C=O) groups is 1. The molecule has 0 saturated carbocycles. The first-order chi connectivity index (χ1) is 11.4. The lowest BCUT2D eigenvalue weighted by Crippen LogP contribution is -2.39. The van der Waals surface area contributed by atoms with Gasteiger partial charge in [0.05, 0.1) is 22.5 Å². The molecule has 9 nitrogen and oxygen atoms in total. The number of rotatable bonds is 6. The lowest BCUT2D eigenvalue weighted by atomic mass is 9.94. The van der Waals surface area contributed by atoms with E-state index >= 15 is 0 Å². The lowest BCUT2D eigenvalue weighted by molar-refractivity contribution is -0.393. The summed E-state index contributed by atoms with van der Waals surface area (Å²) in [5.41, 5.74) is -0.900. The van der Waals surface area contributed by atoms with Gasteiger partial charge in [-0.1, -0.05) is 13.3 Å². The molecule has 9 heteroatoms. The van der Waals surface area contributed by atoms with E-state index < -0.39 is 15.5 Å². The zero-order chi connectivity index (χ0) is 17.7. The van der Waals surface area contributed by atoms with Crippen LogP contribution in [0.15, 0.2) is 18.2 Å². The summed E-state index contributed by atoms with van der Waals surface area (Å²) >= 11 is 0. The Labute approximate surface area is 138 Å². The molecular formula is C15H20N4O5. The number of nitro benzene ring substituents is 2. The topological polar surface area (TPSA) is 119 Å². The highest BCUT2D eigenvalue weighted by Gasteiger charge is 2.23. The number of non-ortho nitro benzene ring substituents is 1. The van der Waals surface area contributed by atoms with Crippen LogP contribution < -0.4 is 5.32 Å². The van der Waals surface area contributed by atoms with Crippen LogP contribution in [0.2, 0.25) is 0 Å². The Bertz CT molecular complexity index is 641. The highest BCUT2D eigenvalue weighted by atomic mass is 16.6. The SMILES string of the molecule is CCC1CCN(CC(=O)Nc2ccc([N+](=O)[O-])cc2[N+](=O)[O-])CC1. The number of piperidine rings is 1. The minimum absolute atomic E-state index is 0.0287. The Balaban J connectivity index is 2.01. The van der Waals surface area contributed by atoms with Crippen molar-refractivity contribution < 1.29 is 14.6 Å². The van der Waals surface area contributed by atoms with Gasteiger partial charge >= 0.3 is 0 Å². The van der Waals surface area contributed by atoms with Gasteiger partial charge in [0.2, 0.25) is 5.91 Å². The smallest absolute Gasteiger partial charge is 0.299 e. The molecule has 0 unspecified atom stereocenters. The molecule has 0 aliphatic carbocycles. The number of likely N-dealkylation sites (tertiary alicyclic amines) is 1. The van der Waals surface area contributed by atoms with E-state index in [4.69, 9.17) is 0 Å². The molecule has 0 aromatic heterocycles. The number of anilines is 1. The minimum Gasteiger partial charge on any atom is -0.319 e. The van der Waals surface area contributed by atoms with Crippen LogP contribution in [0, 0.1) is 26.1 Å². The van der Waals surface area contributed by atoms with Crippen molar-refractivity contribution in [1.29, 1.82) is 0 Å². The fourth-order valence-corrected chi connectivity index (χ4v) is 2.84. The molecule has 2 rings (SSSR count). The van der Waals surface area contributed by atoms with E-state index in [-0.39, 0.29) is 23.8 Å². The quantitative estimate of drug-likeness (QED) is 0.630. The van der Waals surface area contributed by atoms with Crippen LogP contribution >= 0.6 is 0 Å². The monoisotopic (exact) mass is 336 g/mol. The summed E-state index contributed by atoms with van der Waals surface area (Å²) in [5, 5.41) is 24.3. The van der Waals surface area contributed by atoms with Crippen molar-refractivity contribution >= 4 is 23.0 Å². The Morgan fingerprint density at radius 1 is 1.25 bits per heavy atom. The molecule has 0 bridgehead atoms. The van der Waals surface area contributed by atoms with Crippen LogP contribution in [0.3, 0.4) is 0 Å². The molecule has 1 N–H and O–H groups in total. The van der Waals surface area contributed by atoms with Gasteiger partial charge in [-0.05, 0) is 37.9 Å². The van der Waals surface area contributed by atoms with Crippen LogP contribution in [0.25, 0.3) is 0 Å². The molecule has 1 aliphatic rings. The number of nitrogens with one attached hydrogen (secondary N) is 1. The number of nitro groups is 2. The molecule has 1 aromatic carbocycles. The zero-order valence-corrected chi connectivity index (χ0v) is 13.4. The van der Waals surface area contributed by atoms with Crippen molar-refractivity contribution in [2.75, 3.05) is 25.0 Å². The largest absolute Gasteiger partial charge is 0.319 e. The van der Waals surface area contributed by atoms with Gasteiger partial charge in [0.1, 0.15) is 5.69 Å². The molecule has 1 saturated heterocycles. The van der Waals surface area contributed by atoms with Gasteiger partial charge in [0.15, 0.2) is 0 Å². The molecule has 0 radical (unpaired) electrons. The van der Waals surface area contributed by atoms with Crippen LogP contribution in [-0.4, -0.2) is 40.3 Å². The molecule has 1 aliphatic heterocycles. The minimum atomic E-state index is -0.741. The van der Waals surface area contributed by atoms with Gasteiger partial charge in [-0.3, -0.25) is 29.9 Å². The van der Waals surface area contributed by atoms with Gasteiger partial charge in [-0.2, -0.15) is 0 Å². The van der Waals surface area contributed by atoms with Crippen LogP contribution in [0.4, 0.5) is 17.1 Å². The summed E-state index contributed by atoms with van der Waals surface area (Å²) in [6, 6.07) is 3.18. The van der Waals surface area contributed by atoms with Crippen LogP contribution in [-0.2, 0) is 4.79 Å². The fourth-order valence-electron chi connectivity index (χ4n) is 2.84. The predicted octanol–water partition coefficient (Wildman–Crippen LogP) is 2.56. The van der Waals surface area contributed by atoms with Crippen molar-refractivity contribution in [3.8, 4) is 0 Å². The van der Waals surface area contributed by atoms with Crippen molar-refractivity contribution in [3.63, 3.8) is 0 Å². The van der Waals surface area contributed by atoms with E-state index in [1.807, 2.05) is 4.90 Å². The third-order valence-corrected chi connectivity index (χ3v) is 4.31. The first-order valence-electron chi connectivity index (χ1n) is 7.85. The summed E-state index contributed by atoms with van der Waals surface area (Å²) in [5.74, 6) is 0.335. The van der Waals surface area contributed by atoms with Gasteiger partial charge in [0, 0.05) is 6.07 Å². The number of hydrogen-bond donors (Lipinski definition) is 1. The Kier molecular flexibility index (Phi) is 5.80. The lowest BCUT2D eigenvalue weighted by Gasteiger charge is -2.30.